The molecule has 2 amide bonds. The Kier molecular flexibility index (Phi) is 9.74. The molecule has 0 bridgehead atoms. The Hall–Kier alpha value is -2.16. The summed E-state index contributed by atoms with van der Waals surface area (Å²) in [7, 11) is 3.26. The first-order valence-corrected chi connectivity index (χ1v) is 9.71. The van der Waals surface area contributed by atoms with Crippen LogP contribution in [-0.4, -0.2) is 94.8 Å². The molecule has 8 nitrogen and oxygen atoms in total. The van der Waals surface area contributed by atoms with Crippen molar-refractivity contribution in [2.24, 2.45) is 0 Å². The minimum atomic E-state index is 0.0135. The number of rotatable bonds is 11. The third kappa shape index (κ3) is 7.84. The number of hydrogen-bond acceptors (Lipinski definition) is 6. The molecule has 0 spiro atoms. The van der Waals surface area contributed by atoms with Crippen molar-refractivity contribution in [3.05, 3.63) is 29.8 Å². The summed E-state index contributed by atoms with van der Waals surface area (Å²) in [5.41, 5.74) is 1.09. The van der Waals surface area contributed by atoms with E-state index in [1.165, 1.54) is 0 Å². The average molecular weight is 393 g/mol. The Morgan fingerprint density at radius 3 is 2.07 bits per heavy atom. The molecule has 2 rings (SSSR count). The molecule has 2 N–H and O–H groups in total. The first-order chi connectivity index (χ1) is 13.6. The zero-order valence-electron chi connectivity index (χ0n) is 16.9. The van der Waals surface area contributed by atoms with Gasteiger partial charge in [-0.1, -0.05) is 18.2 Å². The van der Waals surface area contributed by atoms with Crippen LogP contribution in [0.25, 0.3) is 0 Å². The number of benzene rings is 1. The fourth-order valence-electron chi connectivity index (χ4n) is 3.16. The molecule has 0 radical (unpaired) electrons. The molecular weight excluding hydrogens is 360 g/mol. The summed E-state index contributed by atoms with van der Waals surface area (Å²) in [6.45, 7) is 5.55. The van der Waals surface area contributed by atoms with Crippen LogP contribution in [0.4, 0.5) is 0 Å². The summed E-state index contributed by atoms with van der Waals surface area (Å²) in [5.74, 6) is 0.888. The number of nitrogens with one attached hydrogen (secondary N) is 2. The Morgan fingerprint density at radius 2 is 1.50 bits per heavy atom. The fraction of sp³-hybridized carbons (Fsp3) is 0.600. The van der Waals surface area contributed by atoms with Gasteiger partial charge in [0.05, 0.1) is 26.8 Å². The third-order valence-corrected chi connectivity index (χ3v) is 4.74. The minimum Gasteiger partial charge on any atom is -0.496 e. The molecule has 1 aliphatic heterocycles. The van der Waals surface area contributed by atoms with E-state index < -0.39 is 0 Å². The molecule has 0 unspecified atom stereocenters. The monoisotopic (exact) mass is 392 g/mol. The zero-order valence-corrected chi connectivity index (χ0v) is 16.9. The highest BCUT2D eigenvalue weighted by Gasteiger charge is 2.20. The molecule has 0 aromatic heterocycles. The molecule has 1 fully saturated rings. The maximum atomic E-state index is 12.2. The molecule has 1 aliphatic rings. The Balaban J connectivity index is 1.60. The standard InChI is InChI=1S/C20H32N4O4/c1-27-14-9-22-20(26)16-24-12-10-23(11-13-24)15-19(25)21-8-7-17-5-3-4-6-18(17)28-2/h3-6H,7-16H2,1-2H3,(H,21,25)(H,22,26). The topological polar surface area (TPSA) is 83.1 Å². The van der Waals surface area contributed by atoms with Crippen molar-refractivity contribution in [1.29, 1.82) is 0 Å². The van der Waals surface area contributed by atoms with Crippen LogP contribution in [0.2, 0.25) is 0 Å². The Morgan fingerprint density at radius 1 is 0.929 bits per heavy atom. The van der Waals surface area contributed by atoms with Gasteiger partial charge in [-0.15, -0.1) is 0 Å². The van der Waals surface area contributed by atoms with Crippen LogP contribution in [0, 0.1) is 0 Å². The fourth-order valence-corrected chi connectivity index (χ4v) is 3.16. The number of amides is 2. The van der Waals surface area contributed by atoms with E-state index in [2.05, 4.69) is 20.4 Å². The van der Waals surface area contributed by atoms with Gasteiger partial charge in [-0.05, 0) is 18.1 Å². The van der Waals surface area contributed by atoms with Crippen molar-refractivity contribution in [2.45, 2.75) is 6.42 Å². The number of hydrogen-bond donors (Lipinski definition) is 2. The average Bonchev–Trinajstić information content (AvgIpc) is 2.70. The summed E-state index contributed by atoms with van der Waals surface area (Å²) in [6, 6.07) is 7.84. The second kappa shape index (κ2) is 12.3. The summed E-state index contributed by atoms with van der Waals surface area (Å²) in [4.78, 5) is 28.3. The van der Waals surface area contributed by atoms with Crippen LogP contribution in [0.5, 0.6) is 5.75 Å². The highest BCUT2D eigenvalue weighted by atomic mass is 16.5. The molecule has 0 aliphatic carbocycles. The Labute approximate surface area is 167 Å². The predicted molar refractivity (Wildman–Crippen MR) is 107 cm³/mol. The SMILES string of the molecule is COCCNC(=O)CN1CCN(CC(=O)NCCc2ccccc2OC)CC1. The lowest BCUT2D eigenvalue weighted by Crippen LogP contribution is -2.51. The molecule has 1 saturated heterocycles. The number of carbonyl (C=O) groups is 2. The molecule has 1 heterocycles. The number of carbonyl (C=O) groups excluding carboxylic acids is 2. The zero-order chi connectivity index (χ0) is 20.2. The van der Waals surface area contributed by atoms with Crippen LogP contribution < -0.4 is 15.4 Å². The molecule has 1 aromatic rings. The van der Waals surface area contributed by atoms with Gasteiger partial charge in [-0.25, -0.2) is 0 Å². The smallest absolute Gasteiger partial charge is 0.234 e. The molecule has 156 valence electrons. The summed E-state index contributed by atoms with van der Waals surface area (Å²) in [5, 5.41) is 5.80. The normalized spacial score (nSPS) is 15.2. The number of ether oxygens (including phenoxy) is 2. The maximum Gasteiger partial charge on any atom is 0.234 e. The molecule has 0 saturated carbocycles. The quantitative estimate of drug-likeness (QED) is 0.505. The van der Waals surface area contributed by atoms with Crippen LogP contribution in [0.1, 0.15) is 5.56 Å². The van der Waals surface area contributed by atoms with Crippen LogP contribution >= 0.6 is 0 Å². The van der Waals surface area contributed by atoms with Crippen molar-refractivity contribution in [3.8, 4) is 5.75 Å². The summed E-state index contributed by atoms with van der Waals surface area (Å²) in [6.07, 6.45) is 0.738. The summed E-state index contributed by atoms with van der Waals surface area (Å²) < 4.78 is 10.2. The van der Waals surface area contributed by atoms with E-state index in [1.54, 1.807) is 14.2 Å². The van der Waals surface area contributed by atoms with Crippen LogP contribution in [0.15, 0.2) is 24.3 Å². The number of piperazine rings is 1. The molecule has 1 aromatic carbocycles. The highest BCUT2D eigenvalue weighted by molar-refractivity contribution is 5.78. The lowest BCUT2D eigenvalue weighted by atomic mass is 10.1. The predicted octanol–water partition coefficient (Wildman–Crippen LogP) is -0.266. The largest absolute Gasteiger partial charge is 0.496 e. The molecule has 28 heavy (non-hydrogen) atoms. The lowest BCUT2D eigenvalue weighted by Gasteiger charge is -2.33. The lowest BCUT2D eigenvalue weighted by molar-refractivity contribution is -0.125. The van der Waals surface area contributed by atoms with Crippen molar-refractivity contribution < 1.29 is 19.1 Å². The van der Waals surface area contributed by atoms with Crippen molar-refractivity contribution >= 4 is 11.8 Å². The molecule has 8 heteroatoms. The van der Waals surface area contributed by atoms with E-state index in [9.17, 15) is 9.59 Å². The van der Waals surface area contributed by atoms with Gasteiger partial charge in [0.1, 0.15) is 5.75 Å². The van der Waals surface area contributed by atoms with E-state index in [0.29, 0.717) is 32.8 Å². The van der Waals surface area contributed by atoms with E-state index in [-0.39, 0.29) is 11.8 Å². The number of nitrogens with zero attached hydrogens (tertiary/aromatic N) is 2. The van der Waals surface area contributed by atoms with E-state index in [0.717, 1.165) is 43.9 Å². The second-order valence-electron chi connectivity index (χ2n) is 6.81. The van der Waals surface area contributed by atoms with Crippen molar-refractivity contribution in [2.75, 3.05) is 73.2 Å². The van der Waals surface area contributed by atoms with E-state index >= 15 is 0 Å². The number of methoxy groups -OCH3 is 2. The van der Waals surface area contributed by atoms with Gasteiger partial charge in [0.25, 0.3) is 0 Å². The minimum absolute atomic E-state index is 0.0135. The number of para-hydroxylation sites is 1. The Bertz CT molecular complexity index is 618. The molecular formula is C20H32N4O4. The van der Waals surface area contributed by atoms with Gasteiger partial charge in [-0.3, -0.25) is 19.4 Å². The third-order valence-electron chi connectivity index (χ3n) is 4.74. The van der Waals surface area contributed by atoms with Gasteiger partial charge in [-0.2, -0.15) is 0 Å². The van der Waals surface area contributed by atoms with Gasteiger partial charge >= 0.3 is 0 Å². The van der Waals surface area contributed by atoms with Crippen LogP contribution in [-0.2, 0) is 20.7 Å². The molecule has 0 atom stereocenters. The van der Waals surface area contributed by atoms with Gasteiger partial charge < -0.3 is 20.1 Å². The van der Waals surface area contributed by atoms with Crippen molar-refractivity contribution in [3.63, 3.8) is 0 Å². The summed E-state index contributed by atoms with van der Waals surface area (Å²) >= 11 is 0. The highest BCUT2D eigenvalue weighted by Crippen LogP contribution is 2.17. The van der Waals surface area contributed by atoms with Crippen molar-refractivity contribution in [1.82, 2.24) is 20.4 Å². The van der Waals surface area contributed by atoms with E-state index in [1.807, 2.05) is 24.3 Å². The van der Waals surface area contributed by atoms with Gasteiger partial charge in [0, 0.05) is 46.4 Å². The van der Waals surface area contributed by atoms with Gasteiger partial charge in [0.15, 0.2) is 0 Å². The first kappa shape index (κ1) is 22.1. The second-order valence-corrected chi connectivity index (χ2v) is 6.81. The van der Waals surface area contributed by atoms with E-state index in [4.69, 9.17) is 9.47 Å². The first-order valence-electron chi connectivity index (χ1n) is 9.71. The van der Waals surface area contributed by atoms with Gasteiger partial charge in [0.2, 0.25) is 11.8 Å². The maximum absolute atomic E-state index is 12.2. The van der Waals surface area contributed by atoms with Crippen LogP contribution in [0.3, 0.4) is 0 Å².